The molecule has 0 aromatic heterocycles. The molecule has 15 heavy (non-hydrogen) atoms. The van der Waals surface area contributed by atoms with Crippen LogP contribution in [0.4, 0.5) is 4.79 Å². The normalized spacial score (nSPS) is 16.5. The van der Waals surface area contributed by atoms with Crippen molar-refractivity contribution in [2.75, 3.05) is 19.6 Å². The third kappa shape index (κ3) is 4.88. The summed E-state index contributed by atoms with van der Waals surface area (Å²) in [4.78, 5) is 17.1. The van der Waals surface area contributed by atoms with E-state index in [1.807, 2.05) is 20.8 Å². The lowest BCUT2D eigenvalue weighted by atomic mass is 10.2. The minimum atomic E-state index is -0.458. The van der Waals surface area contributed by atoms with Gasteiger partial charge in [0.1, 0.15) is 11.4 Å². The number of nitrogens with zero attached hydrogens (tertiary/aromatic N) is 2. The fraction of sp³-hybridized carbons (Fsp3) is 0.778. The van der Waals surface area contributed by atoms with Crippen molar-refractivity contribution in [2.45, 2.75) is 26.4 Å². The first-order valence-electron chi connectivity index (χ1n) is 4.65. The molecule has 5 nitrogen and oxygen atoms in total. The molecule has 2 N–H and O–H groups in total. The van der Waals surface area contributed by atoms with E-state index in [-0.39, 0.29) is 18.5 Å². The molecule has 88 valence electrons. The van der Waals surface area contributed by atoms with Gasteiger partial charge in [0, 0.05) is 6.54 Å². The molecule has 1 amide bonds. The minimum Gasteiger partial charge on any atom is -0.444 e. The molecule has 0 aromatic rings. The molecule has 0 aromatic carbocycles. The number of amides is 1. The average molecular weight is 236 g/mol. The Kier molecular flexibility index (Phi) is 4.87. The molecule has 0 spiro atoms. The van der Waals surface area contributed by atoms with Gasteiger partial charge in [0.25, 0.3) is 0 Å². The van der Waals surface area contributed by atoms with Crippen LogP contribution < -0.4 is 5.73 Å². The van der Waals surface area contributed by atoms with Gasteiger partial charge in [0.05, 0.1) is 13.1 Å². The molecular weight excluding hydrogens is 218 g/mol. The number of halogens is 1. The lowest BCUT2D eigenvalue weighted by molar-refractivity contribution is 0.0277. The number of amidine groups is 1. The van der Waals surface area contributed by atoms with E-state index in [9.17, 15) is 4.79 Å². The highest BCUT2D eigenvalue weighted by Gasteiger charge is 2.23. The lowest BCUT2D eigenvalue weighted by Gasteiger charge is -2.28. The molecule has 0 radical (unpaired) electrons. The van der Waals surface area contributed by atoms with Crippen LogP contribution in [0.1, 0.15) is 20.8 Å². The van der Waals surface area contributed by atoms with E-state index in [4.69, 9.17) is 10.5 Å². The van der Waals surface area contributed by atoms with E-state index in [1.165, 1.54) is 0 Å². The van der Waals surface area contributed by atoms with Crippen LogP contribution in [0, 0.1) is 0 Å². The second-order valence-corrected chi connectivity index (χ2v) is 4.27. The van der Waals surface area contributed by atoms with Crippen LogP contribution in [0.15, 0.2) is 4.99 Å². The Morgan fingerprint density at radius 3 is 2.60 bits per heavy atom. The topological polar surface area (TPSA) is 67.9 Å². The zero-order valence-corrected chi connectivity index (χ0v) is 10.1. The van der Waals surface area contributed by atoms with Crippen molar-refractivity contribution in [1.29, 1.82) is 0 Å². The Morgan fingerprint density at radius 2 is 2.13 bits per heavy atom. The summed E-state index contributed by atoms with van der Waals surface area (Å²) in [6.07, 6.45) is -0.324. The van der Waals surface area contributed by atoms with E-state index >= 15 is 0 Å². The van der Waals surface area contributed by atoms with Crippen LogP contribution in [0.3, 0.4) is 0 Å². The van der Waals surface area contributed by atoms with Crippen LogP contribution in [0.5, 0.6) is 0 Å². The molecular formula is C9H18ClN3O2. The number of hydrogen-bond acceptors (Lipinski definition) is 4. The molecule has 0 fully saturated rings. The minimum absolute atomic E-state index is 0. The molecule has 0 saturated carbocycles. The van der Waals surface area contributed by atoms with E-state index in [0.717, 1.165) is 0 Å². The van der Waals surface area contributed by atoms with Crippen molar-refractivity contribution in [3.05, 3.63) is 0 Å². The Bertz CT molecular complexity index is 261. The first-order chi connectivity index (χ1) is 6.38. The van der Waals surface area contributed by atoms with Gasteiger partial charge in [-0.1, -0.05) is 0 Å². The molecule has 0 unspecified atom stereocenters. The van der Waals surface area contributed by atoms with Crippen molar-refractivity contribution in [1.82, 2.24) is 4.90 Å². The van der Waals surface area contributed by atoms with E-state index in [0.29, 0.717) is 25.5 Å². The van der Waals surface area contributed by atoms with Crippen molar-refractivity contribution >= 4 is 24.3 Å². The molecule has 1 aliphatic heterocycles. The molecule has 0 aliphatic carbocycles. The number of rotatable bonds is 0. The molecule has 0 atom stereocenters. The Balaban J connectivity index is 0.00000196. The van der Waals surface area contributed by atoms with Gasteiger partial charge in [0.2, 0.25) is 0 Å². The Morgan fingerprint density at radius 1 is 1.53 bits per heavy atom. The zero-order valence-electron chi connectivity index (χ0n) is 9.32. The maximum Gasteiger partial charge on any atom is 0.410 e. The zero-order chi connectivity index (χ0) is 10.8. The lowest BCUT2D eigenvalue weighted by Crippen LogP contribution is -2.45. The number of aliphatic imine (C=N–C) groups is 1. The molecule has 1 aliphatic rings. The highest BCUT2D eigenvalue weighted by molar-refractivity contribution is 5.86. The number of hydrogen-bond donors (Lipinski definition) is 1. The molecule has 6 heteroatoms. The number of nitrogens with two attached hydrogens (primary N) is 1. The summed E-state index contributed by atoms with van der Waals surface area (Å²) in [5, 5.41) is 0. The quantitative estimate of drug-likeness (QED) is 0.682. The first-order valence-corrected chi connectivity index (χ1v) is 4.65. The number of carbonyl (C=O) groups excluding carboxylic acids is 1. The van der Waals surface area contributed by atoms with E-state index in [1.54, 1.807) is 4.90 Å². The largest absolute Gasteiger partial charge is 0.444 e. The highest BCUT2D eigenvalue weighted by atomic mass is 35.5. The highest BCUT2D eigenvalue weighted by Crippen LogP contribution is 2.10. The predicted octanol–water partition coefficient (Wildman–Crippen LogP) is 1.02. The first kappa shape index (κ1) is 14.0. The Labute approximate surface area is 96.1 Å². The second-order valence-electron chi connectivity index (χ2n) is 4.27. The van der Waals surface area contributed by atoms with Crippen molar-refractivity contribution in [3.8, 4) is 0 Å². The summed E-state index contributed by atoms with van der Waals surface area (Å²) in [5.41, 5.74) is 5.07. The molecule has 1 rings (SSSR count). The average Bonchev–Trinajstić information content (AvgIpc) is 2.01. The van der Waals surface area contributed by atoms with Gasteiger partial charge >= 0.3 is 6.09 Å². The monoisotopic (exact) mass is 235 g/mol. The second kappa shape index (κ2) is 5.21. The maximum atomic E-state index is 11.6. The molecule has 1 heterocycles. The smallest absolute Gasteiger partial charge is 0.410 e. The van der Waals surface area contributed by atoms with Gasteiger partial charge in [-0.2, -0.15) is 0 Å². The van der Waals surface area contributed by atoms with Gasteiger partial charge in [-0.15, -0.1) is 12.4 Å². The van der Waals surface area contributed by atoms with Crippen LogP contribution in [0.25, 0.3) is 0 Å². The fourth-order valence-electron chi connectivity index (χ4n) is 1.12. The fourth-order valence-corrected chi connectivity index (χ4v) is 1.12. The van der Waals surface area contributed by atoms with Gasteiger partial charge in [-0.3, -0.25) is 9.89 Å². The number of carbonyl (C=O) groups is 1. The van der Waals surface area contributed by atoms with Crippen LogP contribution >= 0.6 is 12.4 Å². The van der Waals surface area contributed by atoms with E-state index in [2.05, 4.69) is 4.99 Å². The third-order valence-electron chi connectivity index (χ3n) is 1.69. The summed E-state index contributed by atoms with van der Waals surface area (Å²) < 4.78 is 5.20. The van der Waals surface area contributed by atoms with Crippen LogP contribution in [0.2, 0.25) is 0 Å². The van der Waals surface area contributed by atoms with E-state index < -0.39 is 5.60 Å². The summed E-state index contributed by atoms with van der Waals surface area (Å²) in [7, 11) is 0. The van der Waals surface area contributed by atoms with Gasteiger partial charge in [-0.25, -0.2) is 4.79 Å². The van der Waals surface area contributed by atoms with Crippen LogP contribution in [-0.2, 0) is 4.74 Å². The van der Waals surface area contributed by atoms with Crippen molar-refractivity contribution in [2.24, 2.45) is 10.7 Å². The summed E-state index contributed by atoms with van der Waals surface area (Å²) in [6, 6.07) is 0. The van der Waals surface area contributed by atoms with Gasteiger partial charge in [-0.05, 0) is 20.8 Å². The predicted molar refractivity (Wildman–Crippen MR) is 61.5 cm³/mol. The third-order valence-corrected chi connectivity index (χ3v) is 1.69. The van der Waals surface area contributed by atoms with Crippen molar-refractivity contribution in [3.63, 3.8) is 0 Å². The Hall–Kier alpha value is -0.970. The summed E-state index contributed by atoms with van der Waals surface area (Å²) in [5.74, 6) is 0.488. The van der Waals surface area contributed by atoms with Crippen LogP contribution in [-0.4, -0.2) is 42.1 Å². The van der Waals surface area contributed by atoms with Gasteiger partial charge < -0.3 is 10.5 Å². The SMILES string of the molecule is CC(C)(C)OC(=O)N1CCN=C(N)C1.Cl. The molecule has 0 saturated heterocycles. The standard InChI is InChI=1S/C9H17N3O2.ClH/c1-9(2,3)14-8(13)12-5-4-11-7(10)6-12;/h4-6H2,1-3H3,(H2,10,11);1H. The molecule has 0 bridgehead atoms. The van der Waals surface area contributed by atoms with Gasteiger partial charge in [0.15, 0.2) is 0 Å². The van der Waals surface area contributed by atoms with Crippen molar-refractivity contribution < 1.29 is 9.53 Å². The maximum absolute atomic E-state index is 11.6. The number of ether oxygens (including phenoxy) is 1. The summed E-state index contributed by atoms with van der Waals surface area (Å²) in [6.45, 7) is 7.03. The summed E-state index contributed by atoms with van der Waals surface area (Å²) >= 11 is 0.